The van der Waals surface area contributed by atoms with Crippen molar-refractivity contribution in [2.45, 2.75) is 0 Å². The third kappa shape index (κ3) is 3.77. The predicted octanol–water partition coefficient (Wildman–Crippen LogP) is 4.92. The number of hydrogen-bond acceptors (Lipinski definition) is 5. The highest BCUT2D eigenvalue weighted by Gasteiger charge is 2.20. The van der Waals surface area contributed by atoms with Crippen LogP contribution in [0, 0.1) is 11.3 Å². The van der Waals surface area contributed by atoms with Crippen LogP contribution in [0.5, 0.6) is 0 Å². The van der Waals surface area contributed by atoms with E-state index >= 15 is 0 Å². The fourth-order valence-corrected chi connectivity index (χ4v) is 4.91. The van der Waals surface area contributed by atoms with Gasteiger partial charge in [-0.3, -0.25) is 4.79 Å². The maximum atomic E-state index is 13.6. The molecule has 0 spiro atoms. The molecule has 1 aliphatic rings. The molecule has 0 aliphatic carbocycles. The summed E-state index contributed by atoms with van der Waals surface area (Å²) in [4.78, 5) is 22.7. The van der Waals surface area contributed by atoms with Crippen molar-refractivity contribution in [3.8, 4) is 6.07 Å². The van der Waals surface area contributed by atoms with E-state index in [1.807, 2.05) is 89.6 Å². The Kier molecular flexibility index (Phi) is 5.16. The lowest BCUT2D eigenvalue weighted by molar-refractivity contribution is 0.104. The van der Waals surface area contributed by atoms with Gasteiger partial charge in [0, 0.05) is 66.3 Å². The molecule has 6 rings (SSSR count). The fourth-order valence-electron chi connectivity index (χ4n) is 4.91. The lowest BCUT2D eigenvalue weighted by atomic mass is 9.97. The van der Waals surface area contributed by atoms with E-state index < -0.39 is 0 Å². The van der Waals surface area contributed by atoms with E-state index in [9.17, 15) is 10.1 Å². The van der Waals surface area contributed by atoms with E-state index in [0.29, 0.717) is 16.7 Å². The molecule has 6 heteroatoms. The molecular formula is C29H23N5O. The summed E-state index contributed by atoms with van der Waals surface area (Å²) in [5.74, 6) is 0.927. The Morgan fingerprint density at radius 3 is 2.40 bits per heavy atom. The van der Waals surface area contributed by atoms with Gasteiger partial charge in [0.05, 0.1) is 17.1 Å². The Morgan fingerprint density at radius 2 is 1.66 bits per heavy atom. The van der Waals surface area contributed by atoms with Crippen molar-refractivity contribution < 1.29 is 4.79 Å². The van der Waals surface area contributed by atoms with Gasteiger partial charge in [-0.2, -0.15) is 5.26 Å². The average molecular weight is 458 g/mol. The standard InChI is InChI=1S/C29H23N5O/c30-20-21-18-23-8-11-25-4-3-13-34(25)28(23)26(19-21)29(35)22-6-9-24(10-7-22)32-14-16-33(17-15-32)27-5-1-2-12-31-27/h1-13,18-19H,14-17H2. The minimum atomic E-state index is -0.0835. The number of carbonyl (C=O) groups is 1. The molecule has 0 atom stereocenters. The zero-order chi connectivity index (χ0) is 23.8. The molecule has 2 aromatic carbocycles. The Hall–Kier alpha value is -4.63. The Balaban J connectivity index is 1.27. The van der Waals surface area contributed by atoms with Gasteiger partial charge in [-0.05, 0) is 66.7 Å². The molecule has 1 aliphatic heterocycles. The molecule has 0 N–H and O–H groups in total. The number of ketones is 1. The molecule has 3 aromatic heterocycles. The summed E-state index contributed by atoms with van der Waals surface area (Å²) in [5.41, 5.74) is 4.57. The van der Waals surface area contributed by atoms with Crippen molar-refractivity contribution >= 4 is 33.7 Å². The molecule has 6 nitrogen and oxygen atoms in total. The number of rotatable bonds is 4. The Morgan fingerprint density at radius 1 is 0.857 bits per heavy atom. The van der Waals surface area contributed by atoms with Crippen LogP contribution < -0.4 is 9.80 Å². The van der Waals surface area contributed by atoms with Crippen LogP contribution in [-0.2, 0) is 0 Å². The number of pyridine rings is 2. The molecule has 0 amide bonds. The predicted molar refractivity (Wildman–Crippen MR) is 138 cm³/mol. The van der Waals surface area contributed by atoms with Gasteiger partial charge in [-0.15, -0.1) is 0 Å². The Labute approximate surface area is 203 Å². The van der Waals surface area contributed by atoms with Crippen LogP contribution >= 0.6 is 0 Å². The second kappa shape index (κ2) is 8.62. The van der Waals surface area contributed by atoms with Crippen LogP contribution in [0.25, 0.3) is 16.4 Å². The molecule has 170 valence electrons. The molecule has 0 unspecified atom stereocenters. The molecule has 4 heterocycles. The molecule has 1 fully saturated rings. The molecule has 0 radical (unpaired) electrons. The topological polar surface area (TPSA) is 64.6 Å². The van der Waals surface area contributed by atoms with Crippen LogP contribution in [0.2, 0.25) is 0 Å². The first kappa shape index (κ1) is 20.9. The second-order valence-corrected chi connectivity index (χ2v) is 8.75. The van der Waals surface area contributed by atoms with Crippen molar-refractivity contribution in [2.24, 2.45) is 0 Å². The quantitative estimate of drug-likeness (QED) is 0.359. The molecule has 5 aromatic rings. The number of anilines is 2. The summed E-state index contributed by atoms with van der Waals surface area (Å²) < 4.78 is 2.01. The maximum absolute atomic E-state index is 13.6. The normalized spacial score (nSPS) is 13.8. The van der Waals surface area contributed by atoms with E-state index in [1.54, 1.807) is 6.07 Å². The van der Waals surface area contributed by atoms with E-state index in [1.165, 1.54) is 0 Å². The Bertz CT molecular complexity index is 1570. The monoisotopic (exact) mass is 457 g/mol. The van der Waals surface area contributed by atoms with Crippen LogP contribution in [0.15, 0.2) is 91.3 Å². The van der Waals surface area contributed by atoms with E-state index in [2.05, 4.69) is 20.9 Å². The number of hydrogen-bond donors (Lipinski definition) is 0. The second-order valence-electron chi connectivity index (χ2n) is 8.75. The molecule has 0 bridgehead atoms. The number of piperazine rings is 1. The molecule has 35 heavy (non-hydrogen) atoms. The average Bonchev–Trinajstić information content (AvgIpc) is 3.42. The zero-order valence-electron chi connectivity index (χ0n) is 19.1. The van der Waals surface area contributed by atoms with Crippen LogP contribution in [0.1, 0.15) is 21.5 Å². The third-order valence-corrected chi connectivity index (χ3v) is 6.72. The summed E-state index contributed by atoms with van der Waals surface area (Å²) in [7, 11) is 0. The highest BCUT2D eigenvalue weighted by Crippen LogP contribution is 2.27. The van der Waals surface area contributed by atoms with Gasteiger partial charge in [0.15, 0.2) is 5.78 Å². The zero-order valence-corrected chi connectivity index (χ0v) is 19.1. The van der Waals surface area contributed by atoms with Crippen LogP contribution in [0.3, 0.4) is 0 Å². The summed E-state index contributed by atoms with van der Waals surface area (Å²) in [6, 6.07) is 27.5. The van der Waals surface area contributed by atoms with Crippen molar-refractivity contribution in [3.05, 3.63) is 108 Å². The van der Waals surface area contributed by atoms with Gasteiger partial charge < -0.3 is 14.2 Å². The first-order chi connectivity index (χ1) is 17.2. The highest BCUT2D eigenvalue weighted by atomic mass is 16.1. The van der Waals surface area contributed by atoms with E-state index in [0.717, 1.165) is 54.1 Å². The smallest absolute Gasteiger partial charge is 0.195 e. The van der Waals surface area contributed by atoms with E-state index in [-0.39, 0.29) is 5.78 Å². The van der Waals surface area contributed by atoms with Gasteiger partial charge in [-0.25, -0.2) is 4.98 Å². The van der Waals surface area contributed by atoms with Crippen molar-refractivity contribution in [2.75, 3.05) is 36.0 Å². The third-order valence-electron chi connectivity index (χ3n) is 6.72. The summed E-state index contributed by atoms with van der Waals surface area (Å²) in [6.45, 7) is 3.59. The first-order valence-corrected chi connectivity index (χ1v) is 11.7. The largest absolute Gasteiger partial charge is 0.368 e. The number of carbonyl (C=O) groups excluding carboxylic acids is 1. The molecular weight excluding hydrogens is 434 g/mol. The minimum Gasteiger partial charge on any atom is -0.368 e. The molecule has 0 saturated carbocycles. The summed E-state index contributed by atoms with van der Waals surface area (Å²) >= 11 is 0. The first-order valence-electron chi connectivity index (χ1n) is 11.7. The number of nitriles is 1. The lowest BCUT2D eigenvalue weighted by Crippen LogP contribution is -2.46. The van der Waals surface area contributed by atoms with Crippen LogP contribution in [-0.4, -0.2) is 41.3 Å². The van der Waals surface area contributed by atoms with Gasteiger partial charge in [0.2, 0.25) is 0 Å². The highest BCUT2D eigenvalue weighted by molar-refractivity contribution is 6.16. The summed E-state index contributed by atoms with van der Waals surface area (Å²) in [6.07, 6.45) is 3.78. The van der Waals surface area contributed by atoms with Gasteiger partial charge in [-0.1, -0.05) is 12.1 Å². The van der Waals surface area contributed by atoms with Gasteiger partial charge in [0.25, 0.3) is 0 Å². The number of nitrogens with zero attached hydrogens (tertiary/aromatic N) is 5. The van der Waals surface area contributed by atoms with Crippen LogP contribution in [0.4, 0.5) is 11.5 Å². The number of aromatic nitrogens is 2. The minimum absolute atomic E-state index is 0.0835. The van der Waals surface area contributed by atoms with Crippen molar-refractivity contribution in [3.63, 3.8) is 0 Å². The van der Waals surface area contributed by atoms with E-state index in [4.69, 9.17) is 0 Å². The number of fused-ring (bicyclic) bond motifs is 3. The number of benzene rings is 2. The van der Waals surface area contributed by atoms with Crippen molar-refractivity contribution in [1.29, 1.82) is 5.26 Å². The SMILES string of the molecule is N#Cc1cc(C(=O)c2ccc(N3CCN(c4ccccn4)CC3)cc2)c2c(ccc3cccn32)c1. The van der Waals surface area contributed by atoms with Gasteiger partial charge in [0.1, 0.15) is 5.82 Å². The molecule has 1 saturated heterocycles. The van der Waals surface area contributed by atoms with Gasteiger partial charge >= 0.3 is 0 Å². The maximum Gasteiger partial charge on any atom is 0.195 e. The van der Waals surface area contributed by atoms with Crippen molar-refractivity contribution in [1.82, 2.24) is 9.38 Å². The summed E-state index contributed by atoms with van der Waals surface area (Å²) in [5, 5.41) is 10.4. The lowest BCUT2D eigenvalue weighted by Gasteiger charge is -2.36. The fraction of sp³-hybridized carbons (Fsp3) is 0.138.